The van der Waals surface area contributed by atoms with E-state index in [-0.39, 0.29) is 17.2 Å². The highest BCUT2D eigenvalue weighted by Crippen LogP contribution is 2.47. The van der Waals surface area contributed by atoms with Gasteiger partial charge in [-0.1, -0.05) is 24.6 Å². The maximum absolute atomic E-state index is 13.1. The Balaban J connectivity index is 0.000000339. The molecule has 2 heterocycles. The molecule has 0 radical (unpaired) electrons. The fourth-order valence-electron chi connectivity index (χ4n) is 4.79. The summed E-state index contributed by atoms with van der Waals surface area (Å²) in [5.74, 6) is -2.50. The van der Waals surface area contributed by atoms with Gasteiger partial charge in [0, 0.05) is 30.8 Å². The van der Waals surface area contributed by atoms with Crippen molar-refractivity contribution in [1.29, 1.82) is 0 Å². The molecule has 1 spiro atoms. The van der Waals surface area contributed by atoms with Gasteiger partial charge >= 0.3 is 12.1 Å². The van der Waals surface area contributed by atoms with Crippen LogP contribution in [-0.2, 0) is 14.3 Å². The molecule has 31 heavy (non-hydrogen) atoms. The first-order valence-electron chi connectivity index (χ1n) is 10.6. The minimum Gasteiger partial charge on any atom is -0.475 e. The van der Waals surface area contributed by atoms with Crippen LogP contribution in [0.2, 0.25) is 0 Å². The molecule has 1 aromatic carbocycles. The van der Waals surface area contributed by atoms with Crippen molar-refractivity contribution in [2.45, 2.75) is 44.3 Å². The van der Waals surface area contributed by atoms with Gasteiger partial charge in [0.15, 0.2) is 0 Å². The summed E-state index contributed by atoms with van der Waals surface area (Å²) in [4.78, 5) is 26.6. The van der Waals surface area contributed by atoms with Crippen molar-refractivity contribution in [3.63, 3.8) is 0 Å². The average molecular weight is 442 g/mol. The van der Waals surface area contributed by atoms with Crippen LogP contribution >= 0.6 is 0 Å². The number of likely N-dealkylation sites (tertiary alicyclic amines) is 1. The summed E-state index contributed by atoms with van der Waals surface area (Å²) in [6.45, 7) is 3.68. The summed E-state index contributed by atoms with van der Waals surface area (Å²) in [5.41, 5.74) is 1.12. The molecular formula is C22H29F3N2O4. The van der Waals surface area contributed by atoms with Gasteiger partial charge in [-0.05, 0) is 50.9 Å². The van der Waals surface area contributed by atoms with Crippen molar-refractivity contribution < 1.29 is 32.6 Å². The third-order valence-electron chi connectivity index (χ3n) is 6.80. The number of hydrogen-bond donors (Lipinski definition) is 1. The Morgan fingerprint density at radius 3 is 2.23 bits per heavy atom. The lowest BCUT2D eigenvalue weighted by molar-refractivity contribution is -0.192. The second kappa shape index (κ2) is 9.56. The molecule has 4 rings (SSSR count). The number of carboxylic acids is 1. The number of halogens is 3. The molecule has 3 fully saturated rings. The van der Waals surface area contributed by atoms with E-state index in [9.17, 15) is 18.0 Å². The second-order valence-electron chi connectivity index (χ2n) is 8.55. The zero-order valence-electron chi connectivity index (χ0n) is 17.6. The van der Waals surface area contributed by atoms with Gasteiger partial charge in [-0.2, -0.15) is 13.2 Å². The first kappa shape index (κ1) is 23.5. The fourth-order valence-corrected chi connectivity index (χ4v) is 4.79. The number of piperidine rings is 1. The van der Waals surface area contributed by atoms with Crippen molar-refractivity contribution in [2.75, 3.05) is 38.3 Å². The molecule has 1 amide bonds. The number of methoxy groups -OCH3 is 1. The summed E-state index contributed by atoms with van der Waals surface area (Å²) in [7, 11) is 1.72. The molecule has 1 atom stereocenters. The SMILES string of the molecule is COCC1C(=O)N(c2ccccc2)CC12CCN(C1CCC1)CC2.O=C(O)C(F)(F)F. The third-order valence-corrected chi connectivity index (χ3v) is 6.80. The van der Waals surface area contributed by atoms with E-state index < -0.39 is 12.1 Å². The van der Waals surface area contributed by atoms with Gasteiger partial charge in [0.05, 0.1) is 12.5 Å². The van der Waals surface area contributed by atoms with Crippen LogP contribution in [0.4, 0.5) is 18.9 Å². The number of carbonyl (C=O) groups excluding carboxylic acids is 1. The number of alkyl halides is 3. The molecular weight excluding hydrogens is 413 g/mol. The molecule has 1 saturated carbocycles. The van der Waals surface area contributed by atoms with E-state index in [0.717, 1.165) is 44.2 Å². The fraction of sp³-hybridized carbons (Fsp3) is 0.636. The highest BCUT2D eigenvalue weighted by atomic mass is 19.4. The van der Waals surface area contributed by atoms with E-state index in [1.807, 2.05) is 35.2 Å². The highest BCUT2D eigenvalue weighted by Gasteiger charge is 2.53. The zero-order valence-corrected chi connectivity index (χ0v) is 17.6. The number of aliphatic carboxylic acids is 1. The monoisotopic (exact) mass is 442 g/mol. The molecule has 172 valence electrons. The number of hydrogen-bond acceptors (Lipinski definition) is 4. The summed E-state index contributed by atoms with van der Waals surface area (Å²) < 4.78 is 37.2. The highest BCUT2D eigenvalue weighted by molar-refractivity contribution is 5.98. The lowest BCUT2D eigenvalue weighted by Gasteiger charge is -2.46. The Morgan fingerprint density at radius 1 is 1.19 bits per heavy atom. The van der Waals surface area contributed by atoms with Gasteiger partial charge in [0.25, 0.3) is 0 Å². The van der Waals surface area contributed by atoms with Crippen molar-refractivity contribution in [1.82, 2.24) is 4.90 Å². The van der Waals surface area contributed by atoms with E-state index in [2.05, 4.69) is 4.90 Å². The van der Waals surface area contributed by atoms with E-state index in [1.165, 1.54) is 19.3 Å². The Hall–Kier alpha value is -2.13. The van der Waals surface area contributed by atoms with Crippen LogP contribution in [0.3, 0.4) is 0 Å². The molecule has 6 nitrogen and oxygen atoms in total. The number of anilines is 1. The Bertz CT molecular complexity index is 760. The molecule has 0 bridgehead atoms. The lowest BCUT2D eigenvalue weighted by Crippen LogP contribution is -2.50. The third kappa shape index (κ3) is 5.20. The summed E-state index contributed by atoms with van der Waals surface area (Å²) >= 11 is 0. The van der Waals surface area contributed by atoms with Crippen LogP contribution in [0.25, 0.3) is 0 Å². The number of amides is 1. The summed E-state index contributed by atoms with van der Waals surface area (Å²) in [5, 5.41) is 7.12. The lowest BCUT2D eigenvalue weighted by atomic mass is 9.70. The topological polar surface area (TPSA) is 70.1 Å². The maximum Gasteiger partial charge on any atom is 0.490 e. The van der Waals surface area contributed by atoms with Crippen molar-refractivity contribution in [2.24, 2.45) is 11.3 Å². The number of rotatable bonds is 4. The van der Waals surface area contributed by atoms with Crippen LogP contribution in [0.1, 0.15) is 32.1 Å². The van der Waals surface area contributed by atoms with Gasteiger partial charge in [0.1, 0.15) is 0 Å². The van der Waals surface area contributed by atoms with Gasteiger partial charge in [-0.3, -0.25) is 4.79 Å². The number of para-hydroxylation sites is 1. The van der Waals surface area contributed by atoms with Crippen LogP contribution in [0, 0.1) is 11.3 Å². The molecule has 3 aliphatic rings. The Morgan fingerprint density at radius 2 is 1.77 bits per heavy atom. The van der Waals surface area contributed by atoms with Crippen molar-refractivity contribution in [3.8, 4) is 0 Å². The molecule has 1 unspecified atom stereocenters. The average Bonchev–Trinajstić information content (AvgIpc) is 2.95. The summed E-state index contributed by atoms with van der Waals surface area (Å²) in [6, 6.07) is 10.9. The van der Waals surface area contributed by atoms with Crippen LogP contribution in [-0.4, -0.2) is 67.5 Å². The number of carboxylic acid groups (broad SMARTS) is 1. The molecule has 2 saturated heterocycles. The molecule has 1 aromatic rings. The van der Waals surface area contributed by atoms with Gasteiger partial charge in [-0.15, -0.1) is 0 Å². The molecule has 1 aliphatic carbocycles. The maximum atomic E-state index is 13.1. The van der Waals surface area contributed by atoms with Crippen LogP contribution in [0.5, 0.6) is 0 Å². The number of carbonyl (C=O) groups is 2. The molecule has 1 N–H and O–H groups in total. The number of nitrogens with zero attached hydrogens (tertiary/aromatic N) is 2. The first-order chi connectivity index (χ1) is 14.7. The van der Waals surface area contributed by atoms with Gasteiger partial charge < -0.3 is 19.6 Å². The Kier molecular flexibility index (Phi) is 7.26. The van der Waals surface area contributed by atoms with Crippen molar-refractivity contribution in [3.05, 3.63) is 30.3 Å². The van der Waals surface area contributed by atoms with Crippen molar-refractivity contribution >= 4 is 17.6 Å². The number of ether oxygens (including phenoxy) is 1. The predicted octanol–water partition coefficient (Wildman–Crippen LogP) is 3.56. The van der Waals surface area contributed by atoms with E-state index >= 15 is 0 Å². The predicted molar refractivity (Wildman–Crippen MR) is 109 cm³/mol. The van der Waals surface area contributed by atoms with E-state index in [1.54, 1.807) is 7.11 Å². The second-order valence-corrected chi connectivity index (χ2v) is 8.55. The smallest absolute Gasteiger partial charge is 0.475 e. The van der Waals surface area contributed by atoms with E-state index in [4.69, 9.17) is 14.6 Å². The first-order valence-corrected chi connectivity index (χ1v) is 10.6. The normalized spacial score (nSPS) is 23.9. The molecule has 0 aromatic heterocycles. The van der Waals surface area contributed by atoms with E-state index in [0.29, 0.717) is 6.61 Å². The minimum absolute atomic E-state index is 0.00578. The Labute approximate surface area is 180 Å². The quantitative estimate of drug-likeness (QED) is 0.772. The minimum atomic E-state index is -5.08. The molecule has 2 aliphatic heterocycles. The standard InChI is InChI=1S/C20H28N2O2.C2HF3O2/c1-24-14-18-19(23)22(17-6-3-2-4-7-17)15-20(18)10-12-21(13-11-20)16-8-5-9-16;3-2(4,5)1(6)7/h2-4,6-7,16,18H,5,8-15H2,1H3;(H,6,7). The largest absolute Gasteiger partial charge is 0.490 e. The summed E-state index contributed by atoms with van der Waals surface area (Å²) in [6.07, 6.45) is 1.27. The van der Waals surface area contributed by atoms with Gasteiger partial charge in [0.2, 0.25) is 5.91 Å². The molecule has 9 heteroatoms. The van der Waals surface area contributed by atoms with Crippen LogP contribution < -0.4 is 4.90 Å². The van der Waals surface area contributed by atoms with Crippen LogP contribution in [0.15, 0.2) is 30.3 Å². The zero-order chi connectivity index (χ0) is 22.6. The number of benzene rings is 1. The van der Waals surface area contributed by atoms with Gasteiger partial charge in [-0.25, -0.2) is 4.79 Å².